The molecule has 0 aromatic carbocycles. The Morgan fingerprint density at radius 3 is 2.73 bits per heavy atom. The summed E-state index contributed by atoms with van der Waals surface area (Å²) in [5.74, 6) is 0. The van der Waals surface area contributed by atoms with Crippen molar-refractivity contribution in [1.82, 2.24) is 4.98 Å². The monoisotopic (exact) mass is 204 g/mol. The van der Waals surface area contributed by atoms with Crippen LogP contribution < -0.4 is 5.73 Å². The van der Waals surface area contributed by atoms with Gasteiger partial charge in [-0.3, -0.25) is 0 Å². The lowest BCUT2D eigenvalue weighted by Gasteiger charge is -2.11. The first-order valence-electron chi connectivity index (χ1n) is 6.25. The van der Waals surface area contributed by atoms with Gasteiger partial charge in [0.2, 0.25) is 0 Å². The van der Waals surface area contributed by atoms with E-state index in [1.807, 2.05) is 0 Å². The summed E-state index contributed by atoms with van der Waals surface area (Å²) in [6.45, 7) is 0.823. The van der Waals surface area contributed by atoms with Crippen LogP contribution in [0.3, 0.4) is 0 Å². The van der Waals surface area contributed by atoms with Crippen LogP contribution in [0.5, 0.6) is 0 Å². The maximum absolute atomic E-state index is 5.70. The molecule has 2 aliphatic rings. The lowest BCUT2D eigenvalue weighted by Crippen LogP contribution is -2.13. The van der Waals surface area contributed by atoms with Gasteiger partial charge in [0.25, 0.3) is 0 Å². The summed E-state index contributed by atoms with van der Waals surface area (Å²) < 4.78 is 0. The van der Waals surface area contributed by atoms with E-state index in [2.05, 4.69) is 11.1 Å². The first-order valence-corrected chi connectivity index (χ1v) is 6.25. The minimum Gasteiger partial charge on any atom is -0.362 e. The fourth-order valence-electron chi connectivity index (χ4n) is 2.97. The quantitative estimate of drug-likeness (QED) is 0.779. The van der Waals surface area contributed by atoms with E-state index in [1.54, 1.807) is 5.56 Å². The second kappa shape index (κ2) is 3.38. The fourth-order valence-corrected chi connectivity index (χ4v) is 2.97. The van der Waals surface area contributed by atoms with Crippen molar-refractivity contribution in [2.24, 2.45) is 5.73 Å². The van der Waals surface area contributed by atoms with Crippen LogP contribution in [-0.4, -0.2) is 11.5 Å². The molecule has 1 aromatic rings. The van der Waals surface area contributed by atoms with Crippen molar-refractivity contribution in [3.8, 4) is 0 Å². The van der Waals surface area contributed by atoms with E-state index < -0.39 is 0 Å². The molecule has 1 saturated carbocycles. The summed E-state index contributed by atoms with van der Waals surface area (Å²) in [5.41, 5.74) is 10.7. The molecule has 0 aliphatic heterocycles. The third-order valence-corrected chi connectivity index (χ3v) is 4.16. The molecule has 0 unspecified atom stereocenters. The minimum absolute atomic E-state index is 0.450. The molecule has 0 amide bonds. The summed E-state index contributed by atoms with van der Waals surface area (Å²) in [6, 6.07) is 2.43. The van der Waals surface area contributed by atoms with Gasteiger partial charge >= 0.3 is 0 Å². The molecule has 2 heteroatoms. The number of hydrogen-bond acceptors (Lipinski definition) is 1. The molecule has 0 saturated heterocycles. The number of H-pyrrole nitrogens is 1. The molecule has 2 aliphatic carbocycles. The van der Waals surface area contributed by atoms with E-state index in [4.69, 9.17) is 5.73 Å². The number of aromatic amines is 1. The molecular weight excluding hydrogens is 184 g/mol. The molecule has 15 heavy (non-hydrogen) atoms. The minimum atomic E-state index is 0.450. The Balaban J connectivity index is 1.89. The van der Waals surface area contributed by atoms with Crippen LogP contribution in [0.4, 0.5) is 0 Å². The van der Waals surface area contributed by atoms with Crippen LogP contribution in [0.15, 0.2) is 6.07 Å². The summed E-state index contributed by atoms with van der Waals surface area (Å²) in [4.78, 5) is 3.67. The lowest BCUT2D eigenvalue weighted by molar-refractivity contribution is 0.610. The van der Waals surface area contributed by atoms with Gasteiger partial charge in [-0.15, -0.1) is 0 Å². The highest BCUT2D eigenvalue weighted by molar-refractivity contribution is 5.35. The molecule has 2 nitrogen and oxygen atoms in total. The van der Waals surface area contributed by atoms with Crippen LogP contribution >= 0.6 is 0 Å². The van der Waals surface area contributed by atoms with Crippen molar-refractivity contribution in [1.29, 1.82) is 0 Å². The number of fused-ring (bicyclic) bond motifs is 1. The van der Waals surface area contributed by atoms with Crippen LogP contribution in [0, 0.1) is 0 Å². The van der Waals surface area contributed by atoms with Crippen molar-refractivity contribution in [2.45, 2.75) is 50.4 Å². The number of aromatic nitrogens is 1. The molecule has 1 aromatic heterocycles. The van der Waals surface area contributed by atoms with Gasteiger partial charge in [-0.05, 0) is 63.1 Å². The molecule has 3 rings (SSSR count). The summed E-state index contributed by atoms with van der Waals surface area (Å²) in [7, 11) is 0. The van der Waals surface area contributed by atoms with Gasteiger partial charge in [0, 0.05) is 16.8 Å². The highest BCUT2D eigenvalue weighted by Crippen LogP contribution is 2.50. The largest absolute Gasteiger partial charge is 0.362 e. The highest BCUT2D eigenvalue weighted by Gasteiger charge is 2.44. The van der Waals surface area contributed by atoms with Crippen LogP contribution in [0.25, 0.3) is 0 Å². The van der Waals surface area contributed by atoms with Crippen molar-refractivity contribution >= 4 is 0 Å². The zero-order chi connectivity index (χ0) is 10.3. The molecule has 0 spiro atoms. The van der Waals surface area contributed by atoms with Gasteiger partial charge in [-0.1, -0.05) is 0 Å². The second-order valence-electron chi connectivity index (χ2n) is 5.21. The van der Waals surface area contributed by atoms with Gasteiger partial charge in [0.05, 0.1) is 0 Å². The highest BCUT2D eigenvalue weighted by atomic mass is 14.8. The van der Waals surface area contributed by atoms with Crippen molar-refractivity contribution in [3.05, 3.63) is 23.0 Å². The molecule has 3 N–H and O–H groups in total. The smallest absolute Gasteiger partial charge is 0.0215 e. The maximum atomic E-state index is 5.70. The van der Waals surface area contributed by atoms with E-state index in [1.165, 1.54) is 49.9 Å². The normalized spacial score (nSPS) is 22.5. The van der Waals surface area contributed by atoms with Crippen LogP contribution in [0.2, 0.25) is 0 Å². The molecular formula is C13H20N2. The molecule has 0 bridgehead atoms. The fraction of sp³-hybridized carbons (Fsp3) is 0.692. The Labute approximate surface area is 91.3 Å². The van der Waals surface area contributed by atoms with E-state index in [-0.39, 0.29) is 0 Å². The maximum Gasteiger partial charge on any atom is 0.0215 e. The zero-order valence-corrected chi connectivity index (χ0v) is 9.31. The second-order valence-corrected chi connectivity index (χ2v) is 5.21. The van der Waals surface area contributed by atoms with Gasteiger partial charge in [0.1, 0.15) is 0 Å². The van der Waals surface area contributed by atoms with Crippen LogP contribution in [0.1, 0.15) is 49.1 Å². The van der Waals surface area contributed by atoms with Gasteiger partial charge in [0.15, 0.2) is 0 Å². The Morgan fingerprint density at radius 2 is 2.07 bits per heavy atom. The Hall–Kier alpha value is -0.760. The van der Waals surface area contributed by atoms with Gasteiger partial charge in [-0.25, -0.2) is 0 Å². The molecule has 0 atom stereocenters. The zero-order valence-electron chi connectivity index (χ0n) is 9.31. The first-order chi connectivity index (χ1) is 7.34. The average molecular weight is 204 g/mol. The third-order valence-electron chi connectivity index (χ3n) is 4.16. The molecule has 0 radical (unpaired) electrons. The van der Waals surface area contributed by atoms with Gasteiger partial charge < -0.3 is 10.7 Å². The molecule has 1 heterocycles. The van der Waals surface area contributed by atoms with E-state index >= 15 is 0 Å². The summed E-state index contributed by atoms with van der Waals surface area (Å²) in [5, 5.41) is 0. The van der Waals surface area contributed by atoms with E-state index in [0.29, 0.717) is 5.41 Å². The summed E-state index contributed by atoms with van der Waals surface area (Å²) in [6.07, 6.45) is 9.10. The SMILES string of the molecule is NCCC1(c2cc3c([nH]2)CCCC3)CC1. The number of aryl methyl sites for hydroxylation is 2. The molecule has 1 fully saturated rings. The predicted molar refractivity (Wildman–Crippen MR) is 62.0 cm³/mol. The van der Waals surface area contributed by atoms with Crippen LogP contribution in [-0.2, 0) is 18.3 Å². The lowest BCUT2D eigenvalue weighted by atomic mass is 9.95. The predicted octanol–water partition coefficient (Wildman–Crippen LogP) is 2.27. The third kappa shape index (κ3) is 1.51. The average Bonchev–Trinajstić information content (AvgIpc) is 2.91. The van der Waals surface area contributed by atoms with Crippen molar-refractivity contribution in [3.63, 3.8) is 0 Å². The molecule has 82 valence electrons. The summed E-state index contributed by atoms with van der Waals surface area (Å²) >= 11 is 0. The Kier molecular flexibility index (Phi) is 2.13. The Morgan fingerprint density at radius 1 is 1.27 bits per heavy atom. The van der Waals surface area contributed by atoms with Crippen molar-refractivity contribution < 1.29 is 0 Å². The number of hydrogen-bond donors (Lipinski definition) is 2. The first kappa shape index (κ1) is 9.46. The standard InChI is InChI=1S/C13H20N2/c14-8-7-13(5-6-13)12-9-10-3-1-2-4-11(10)15-12/h9,15H,1-8,14H2. The van der Waals surface area contributed by atoms with E-state index in [0.717, 1.165) is 13.0 Å². The number of rotatable bonds is 3. The number of nitrogens with two attached hydrogens (primary N) is 1. The van der Waals surface area contributed by atoms with E-state index in [9.17, 15) is 0 Å². The number of nitrogens with one attached hydrogen (secondary N) is 1. The van der Waals surface area contributed by atoms with Crippen molar-refractivity contribution in [2.75, 3.05) is 6.54 Å². The van der Waals surface area contributed by atoms with Gasteiger partial charge in [-0.2, -0.15) is 0 Å². The topological polar surface area (TPSA) is 41.8 Å². The Bertz CT molecular complexity index is 337.